The Labute approximate surface area is 117 Å². The molecule has 0 unspecified atom stereocenters. The van der Waals surface area contributed by atoms with Crippen LogP contribution in [0.3, 0.4) is 0 Å². The first-order valence-corrected chi connectivity index (χ1v) is 6.10. The van der Waals surface area contributed by atoms with E-state index in [2.05, 4.69) is 17.2 Å². The van der Waals surface area contributed by atoms with Crippen molar-refractivity contribution >= 4 is 29.1 Å². The van der Waals surface area contributed by atoms with E-state index in [1.165, 1.54) is 6.07 Å². The Morgan fingerprint density at radius 2 is 2.06 bits per heavy atom. The van der Waals surface area contributed by atoms with E-state index in [4.69, 9.17) is 23.2 Å². The average molecular weight is 285 g/mol. The molecular weight excluding hydrogens is 271 g/mol. The number of nitrogens with one attached hydrogen (secondary N) is 1. The van der Waals surface area contributed by atoms with Gasteiger partial charge in [-0.1, -0.05) is 35.0 Å². The molecule has 0 radical (unpaired) electrons. The van der Waals surface area contributed by atoms with Crippen LogP contribution in [0.4, 0.5) is 0 Å². The van der Waals surface area contributed by atoms with E-state index in [0.29, 0.717) is 22.2 Å². The predicted octanol–water partition coefficient (Wildman–Crippen LogP) is 2.29. The summed E-state index contributed by atoms with van der Waals surface area (Å²) < 4.78 is 0. The van der Waals surface area contributed by atoms with Crippen LogP contribution in [0, 0.1) is 11.8 Å². The zero-order chi connectivity index (χ0) is 13.5. The lowest BCUT2D eigenvalue weighted by Crippen LogP contribution is -2.24. The van der Waals surface area contributed by atoms with E-state index in [9.17, 15) is 4.79 Å². The maximum Gasteiger partial charge on any atom is 0.253 e. The first-order chi connectivity index (χ1) is 8.50. The zero-order valence-electron chi connectivity index (χ0n) is 10.3. The van der Waals surface area contributed by atoms with Gasteiger partial charge in [-0.3, -0.25) is 9.69 Å². The minimum Gasteiger partial charge on any atom is -0.341 e. The number of amides is 1. The fourth-order valence-corrected chi connectivity index (χ4v) is 1.54. The van der Waals surface area contributed by atoms with Crippen LogP contribution >= 0.6 is 23.2 Å². The summed E-state index contributed by atoms with van der Waals surface area (Å²) in [5, 5.41) is 3.52. The van der Waals surface area contributed by atoms with Crippen molar-refractivity contribution < 1.29 is 4.79 Å². The van der Waals surface area contributed by atoms with Crippen LogP contribution in [0.15, 0.2) is 18.2 Å². The van der Waals surface area contributed by atoms with Gasteiger partial charge in [0.05, 0.1) is 23.7 Å². The fourth-order valence-electron chi connectivity index (χ4n) is 1.17. The minimum absolute atomic E-state index is 0.276. The molecule has 0 spiro atoms. The summed E-state index contributed by atoms with van der Waals surface area (Å²) in [7, 11) is 3.86. The topological polar surface area (TPSA) is 32.3 Å². The van der Waals surface area contributed by atoms with Crippen molar-refractivity contribution in [3.8, 4) is 11.8 Å². The number of hydrogen-bond donors (Lipinski definition) is 1. The third-order valence-corrected chi connectivity index (χ3v) is 2.60. The molecule has 18 heavy (non-hydrogen) atoms. The molecule has 0 fully saturated rings. The maximum absolute atomic E-state index is 11.8. The van der Waals surface area contributed by atoms with Crippen molar-refractivity contribution in [3.05, 3.63) is 33.8 Å². The number of rotatable bonds is 3. The molecular formula is C13H14Cl2N2O. The van der Waals surface area contributed by atoms with Crippen LogP contribution in [0.2, 0.25) is 10.0 Å². The van der Waals surface area contributed by atoms with Gasteiger partial charge >= 0.3 is 0 Å². The molecule has 0 atom stereocenters. The van der Waals surface area contributed by atoms with Crippen LogP contribution in [-0.4, -0.2) is 38.0 Å². The maximum atomic E-state index is 11.8. The molecule has 1 N–H and O–H groups in total. The van der Waals surface area contributed by atoms with Crippen molar-refractivity contribution in [1.29, 1.82) is 0 Å². The van der Waals surface area contributed by atoms with Crippen LogP contribution < -0.4 is 5.32 Å². The summed E-state index contributed by atoms with van der Waals surface area (Å²) >= 11 is 11.7. The minimum atomic E-state index is -0.276. The van der Waals surface area contributed by atoms with Crippen molar-refractivity contribution in [2.24, 2.45) is 0 Å². The van der Waals surface area contributed by atoms with Gasteiger partial charge in [0.2, 0.25) is 0 Å². The number of hydrogen-bond acceptors (Lipinski definition) is 2. The summed E-state index contributed by atoms with van der Waals surface area (Å²) in [6.07, 6.45) is 0. The lowest BCUT2D eigenvalue weighted by Gasteiger charge is -2.04. The van der Waals surface area contributed by atoms with Gasteiger partial charge in [0.1, 0.15) is 0 Å². The summed E-state index contributed by atoms with van der Waals surface area (Å²) in [6, 6.07) is 4.76. The van der Waals surface area contributed by atoms with E-state index in [0.717, 1.165) is 0 Å². The van der Waals surface area contributed by atoms with Gasteiger partial charge in [-0.2, -0.15) is 0 Å². The Kier molecular flexibility index (Phi) is 6.00. The molecule has 1 aromatic rings. The molecule has 0 aliphatic heterocycles. The highest BCUT2D eigenvalue weighted by Crippen LogP contribution is 2.20. The monoisotopic (exact) mass is 284 g/mol. The molecule has 0 saturated carbocycles. The fraction of sp³-hybridized carbons (Fsp3) is 0.308. The number of halogens is 2. The van der Waals surface area contributed by atoms with Gasteiger partial charge in [0.15, 0.2) is 0 Å². The Morgan fingerprint density at radius 3 is 2.72 bits per heavy atom. The van der Waals surface area contributed by atoms with Crippen LogP contribution in [0.5, 0.6) is 0 Å². The lowest BCUT2D eigenvalue weighted by molar-refractivity contribution is 0.0959. The third-order valence-electron chi connectivity index (χ3n) is 2.03. The molecule has 96 valence electrons. The van der Waals surface area contributed by atoms with Gasteiger partial charge in [-0.15, -0.1) is 0 Å². The van der Waals surface area contributed by atoms with Crippen molar-refractivity contribution in [2.45, 2.75) is 0 Å². The van der Waals surface area contributed by atoms with E-state index < -0.39 is 0 Å². The summed E-state index contributed by atoms with van der Waals surface area (Å²) in [5.74, 6) is 5.50. The highest BCUT2D eigenvalue weighted by molar-refractivity contribution is 6.35. The first kappa shape index (κ1) is 14.8. The SMILES string of the molecule is CN(C)CC#CCNC(=O)c1cc(Cl)ccc1Cl. The van der Waals surface area contributed by atoms with E-state index in [1.807, 2.05) is 19.0 Å². The molecule has 0 aliphatic carbocycles. The molecule has 0 aromatic heterocycles. The molecule has 0 heterocycles. The van der Waals surface area contributed by atoms with Crippen LogP contribution in [0.25, 0.3) is 0 Å². The van der Waals surface area contributed by atoms with Crippen molar-refractivity contribution in [1.82, 2.24) is 10.2 Å². The van der Waals surface area contributed by atoms with E-state index in [1.54, 1.807) is 12.1 Å². The standard InChI is InChI=1S/C13H14Cl2N2O/c1-17(2)8-4-3-7-16-13(18)11-9-10(14)5-6-12(11)15/h5-6,9H,7-8H2,1-2H3,(H,16,18). The number of benzene rings is 1. The Morgan fingerprint density at radius 1 is 1.33 bits per heavy atom. The highest BCUT2D eigenvalue weighted by atomic mass is 35.5. The Bertz CT molecular complexity index is 489. The number of nitrogens with zero attached hydrogens (tertiary/aromatic N) is 1. The summed E-state index contributed by atoms with van der Waals surface area (Å²) in [5.41, 5.74) is 0.360. The van der Waals surface area contributed by atoms with E-state index in [-0.39, 0.29) is 12.5 Å². The zero-order valence-corrected chi connectivity index (χ0v) is 11.8. The quantitative estimate of drug-likeness (QED) is 0.864. The highest BCUT2D eigenvalue weighted by Gasteiger charge is 2.09. The van der Waals surface area contributed by atoms with Crippen LogP contribution in [-0.2, 0) is 0 Å². The second-order valence-corrected chi connectivity index (χ2v) is 4.74. The normalized spacial score (nSPS) is 9.83. The average Bonchev–Trinajstić information content (AvgIpc) is 2.31. The second-order valence-electron chi connectivity index (χ2n) is 3.90. The summed E-state index contributed by atoms with van der Waals surface area (Å²) in [4.78, 5) is 13.7. The van der Waals surface area contributed by atoms with Gasteiger partial charge in [-0.05, 0) is 32.3 Å². The molecule has 1 rings (SSSR count). The predicted molar refractivity (Wildman–Crippen MR) is 75.1 cm³/mol. The molecule has 5 heteroatoms. The second kappa shape index (κ2) is 7.27. The van der Waals surface area contributed by atoms with Crippen molar-refractivity contribution in [2.75, 3.05) is 27.2 Å². The third kappa shape index (κ3) is 4.97. The molecule has 1 aromatic carbocycles. The number of carbonyl (C=O) groups is 1. The molecule has 0 saturated heterocycles. The molecule has 3 nitrogen and oxygen atoms in total. The van der Waals surface area contributed by atoms with Crippen molar-refractivity contribution in [3.63, 3.8) is 0 Å². The summed E-state index contributed by atoms with van der Waals surface area (Å²) in [6.45, 7) is 0.948. The van der Waals surface area contributed by atoms with Gasteiger partial charge in [0.25, 0.3) is 5.91 Å². The molecule has 0 aliphatic rings. The number of carbonyl (C=O) groups excluding carboxylic acids is 1. The van der Waals surface area contributed by atoms with Gasteiger partial charge < -0.3 is 5.32 Å². The van der Waals surface area contributed by atoms with Crippen LogP contribution in [0.1, 0.15) is 10.4 Å². The van der Waals surface area contributed by atoms with Gasteiger partial charge in [0, 0.05) is 5.02 Å². The first-order valence-electron chi connectivity index (χ1n) is 5.34. The molecule has 1 amide bonds. The molecule has 0 bridgehead atoms. The lowest BCUT2D eigenvalue weighted by atomic mass is 10.2. The van der Waals surface area contributed by atoms with E-state index >= 15 is 0 Å². The Balaban J connectivity index is 2.55. The largest absolute Gasteiger partial charge is 0.341 e. The smallest absolute Gasteiger partial charge is 0.253 e. The Hall–Kier alpha value is -1.21. The van der Waals surface area contributed by atoms with Gasteiger partial charge in [-0.25, -0.2) is 0 Å².